The second kappa shape index (κ2) is 3.82. The zero-order chi connectivity index (χ0) is 10.2. The van der Waals surface area contributed by atoms with Crippen molar-refractivity contribution in [3.05, 3.63) is 0 Å². The molecule has 2 heteroatoms. The molecule has 2 rings (SSSR count). The van der Waals surface area contributed by atoms with Crippen LogP contribution in [-0.2, 0) is 0 Å². The highest BCUT2D eigenvalue weighted by atomic mass is 15.1. The second-order valence-corrected chi connectivity index (χ2v) is 5.49. The summed E-state index contributed by atoms with van der Waals surface area (Å²) in [5.41, 5.74) is 0.628. The van der Waals surface area contributed by atoms with Gasteiger partial charge in [0.15, 0.2) is 0 Å². The maximum atomic E-state index is 3.38. The minimum Gasteiger partial charge on any atom is -0.319 e. The predicted molar refractivity (Wildman–Crippen MR) is 60.4 cm³/mol. The number of nitrogens with zero attached hydrogens (tertiary/aromatic N) is 1. The van der Waals surface area contributed by atoms with Gasteiger partial charge in [-0.15, -0.1) is 0 Å². The zero-order valence-electron chi connectivity index (χ0n) is 9.84. The van der Waals surface area contributed by atoms with Gasteiger partial charge >= 0.3 is 0 Å². The van der Waals surface area contributed by atoms with Crippen molar-refractivity contribution in [1.82, 2.24) is 10.2 Å². The molecule has 14 heavy (non-hydrogen) atoms. The average molecular weight is 196 g/mol. The Morgan fingerprint density at radius 2 is 2.00 bits per heavy atom. The Morgan fingerprint density at radius 1 is 1.36 bits per heavy atom. The largest absolute Gasteiger partial charge is 0.319 e. The lowest BCUT2D eigenvalue weighted by Crippen LogP contribution is -2.48. The van der Waals surface area contributed by atoms with Crippen LogP contribution in [0, 0.1) is 11.3 Å². The monoisotopic (exact) mass is 196 g/mol. The van der Waals surface area contributed by atoms with E-state index in [0.717, 1.165) is 12.0 Å². The highest BCUT2D eigenvalue weighted by Crippen LogP contribution is 2.54. The van der Waals surface area contributed by atoms with Crippen LogP contribution in [0.5, 0.6) is 0 Å². The lowest BCUT2D eigenvalue weighted by Gasteiger charge is -2.43. The van der Waals surface area contributed by atoms with Crippen LogP contribution in [-0.4, -0.2) is 38.6 Å². The van der Waals surface area contributed by atoms with Crippen LogP contribution in [0.2, 0.25) is 0 Å². The summed E-state index contributed by atoms with van der Waals surface area (Å²) in [6.07, 6.45) is 7.27. The molecule has 1 unspecified atom stereocenters. The summed E-state index contributed by atoms with van der Waals surface area (Å²) in [5, 5.41) is 3.38. The van der Waals surface area contributed by atoms with Crippen molar-refractivity contribution in [2.45, 2.75) is 38.1 Å². The van der Waals surface area contributed by atoms with Gasteiger partial charge < -0.3 is 10.2 Å². The van der Waals surface area contributed by atoms with Gasteiger partial charge in [-0.1, -0.05) is 6.42 Å². The maximum Gasteiger partial charge on any atom is 0.0186 e. The van der Waals surface area contributed by atoms with Gasteiger partial charge in [-0.05, 0) is 58.2 Å². The average Bonchev–Trinajstić information content (AvgIpc) is 2.77. The molecular weight excluding hydrogens is 172 g/mol. The van der Waals surface area contributed by atoms with E-state index in [1.54, 1.807) is 0 Å². The molecular formula is C12H24N2. The molecule has 0 amide bonds. The van der Waals surface area contributed by atoms with Gasteiger partial charge in [-0.3, -0.25) is 0 Å². The summed E-state index contributed by atoms with van der Waals surface area (Å²) < 4.78 is 0. The first-order chi connectivity index (χ1) is 6.69. The molecule has 0 aliphatic heterocycles. The van der Waals surface area contributed by atoms with E-state index < -0.39 is 0 Å². The first kappa shape index (κ1) is 10.4. The molecule has 2 nitrogen and oxygen atoms in total. The number of hydrogen-bond donors (Lipinski definition) is 1. The van der Waals surface area contributed by atoms with E-state index in [2.05, 4.69) is 31.4 Å². The van der Waals surface area contributed by atoms with Crippen molar-refractivity contribution >= 4 is 0 Å². The molecule has 2 saturated carbocycles. The third-order valence-corrected chi connectivity index (χ3v) is 4.20. The maximum absolute atomic E-state index is 3.38. The van der Waals surface area contributed by atoms with Crippen LogP contribution in [0.25, 0.3) is 0 Å². The molecule has 2 aliphatic rings. The molecule has 2 fully saturated rings. The molecule has 0 radical (unpaired) electrons. The normalized spacial score (nSPS) is 27.4. The van der Waals surface area contributed by atoms with Crippen molar-refractivity contribution in [2.24, 2.45) is 11.3 Å². The Balaban J connectivity index is 2.02. The van der Waals surface area contributed by atoms with Crippen molar-refractivity contribution in [3.63, 3.8) is 0 Å². The fourth-order valence-corrected chi connectivity index (χ4v) is 3.31. The Labute approximate surface area is 88.1 Å². The molecule has 2 aliphatic carbocycles. The van der Waals surface area contributed by atoms with Crippen LogP contribution in [0.1, 0.15) is 32.1 Å². The Bertz CT molecular complexity index is 192. The van der Waals surface area contributed by atoms with Crippen LogP contribution >= 0.6 is 0 Å². The molecule has 0 bridgehead atoms. The summed E-state index contributed by atoms with van der Waals surface area (Å²) >= 11 is 0. The fraction of sp³-hybridized carbons (Fsp3) is 1.00. The lowest BCUT2D eigenvalue weighted by molar-refractivity contribution is 0.0769. The number of hydrogen-bond acceptors (Lipinski definition) is 2. The van der Waals surface area contributed by atoms with Crippen LogP contribution in [0.15, 0.2) is 0 Å². The molecule has 0 spiro atoms. The van der Waals surface area contributed by atoms with Crippen LogP contribution < -0.4 is 5.32 Å². The van der Waals surface area contributed by atoms with Crippen molar-refractivity contribution < 1.29 is 0 Å². The molecule has 1 atom stereocenters. The molecule has 0 aromatic rings. The zero-order valence-corrected chi connectivity index (χ0v) is 9.84. The van der Waals surface area contributed by atoms with Crippen LogP contribution in [0.3, 0.4) is 0 Å². The van der Waals surface area contributed by atoms with E-state index in [1.165, 1.54) is 38.6 Å². The topological polar surface area (TPSA) is 15.3 Å². The molecule has 1 N–H and O–H groups in total. The molecule has 0 heterocycles. The van der Waals surface area contributed by atoms with Gasteiger partial charge in [-0.2, -0.15) is 0 Å². The van der Waals surface area contributed by atoms with Gasteiger partial charge in [0.1, 0.15) is 0 Å². The first-order valence-corrected chi connectivity index (χ1v) is 6.01. The quantitative estimate of drug-likeness (QED) is 0.720. The van der Waals surface area contributed by atoms with E-state index in [1.807, 2.05) is 0 Å². The molecule has 0 aromatic heterocycles. The first-order valence-electron chi connectivity index (χ1n) is 6.01. The van der Waals surface area contributed by atoms with Crippen LogP contribution in [0.4, 0.5) is 0 Å². The van der Waals surface area contributed by atoms with Crippen molar-refractivity contribution in [3.8, 4) is 0 Å². The van der Waals surface area contributed by atoms with Gasteiger partial charge in [0.25, 0.3) is 0 Å². The smallest absolute Gasteiger partial charge is 0.0186 e. The fourth-order valence-electron chi connectivity index (χ4n) is 3.31. The van der Waals surface area contributed by atoms with E-state index >= 15 is 0 Å². The van der Waals surface area contributed by atoms with Gasteiger partial charge in [0.05, 0.1) is 0 Å². The third-order valence-electron chi connectivity index (χ3n) is 4.20. The third kappa shape index (κ3) is 1.70. The van der Waals surface area contributed by atoms with Gasteiger partial charge in [0, 0.05) is 12.6 Å². The molecule has 0 aromatic carbocycles. The molecule has 0 saturated heterocycles. The van der Waals surface area contributed by atoms with Gasteiger partial charge in [0.2, 0.25) is 0 Å². The number of rotatable bonds is 5. The number of nitrogens with one attached hydrogen (secondary N) is 1. The standard InChI is InChI=1S/C12H24N2/c1-13-9-12(7-8-12)11(14(2)3)10-5-4-6-10/h10-11,13H,4-9H2,1-3H3. The second-order valence-electron chi connectivity index (χ2n) is 5.49. The summed E-state index contributed by atoms with van der Waals surface area (Å²) in [6, 6.07) is 0.837. The summed E-state index contributed by atoms with van der Waals surface area (Å²) in [5.74, 6) is 0.987. The predicted octanol–water partition coefficient (Wildman–Crippen LogP) is 1.72. The Morgan fingerprint density at radius 3 is 2.29 bits per heavy atom. The van der Waals surface area contributed by atoms with Gasteiger partial charge in [-0.25, -0.2) is 0 Å². The Hall–Kier alpha value is -0.0800. The van der Waals surface area contributed by atoms with Crippen molar-refractivity contribution in [2.75, 3.05) is 27.7 Å². The van der Waals surface area contributed by atoms with E-state index in [9.17, 15) is 0 Å². The van der Waals surface area contributed by atoms with Crippen molar-refractivity contribution in [1.29, 1.82) is 0 Å². The Kier molecular flexibility index (Phi) is 2.85. The summed E-state index contributed by atoms with van der Waals surface area (Å²) in [6.45, 7) is 1.21. The summed E-state index contributed by atoms with van der Waals surface area (Å²) in [4.78, 5) is 2.48. The van der Waals surface area contributed by atoms with E-state index in [4.69, 9.17) is 0 Å². The highest BCUT2D eigenvalue weighted by Gasteiger charge is 2.52. The highest BCUT2D eigenvalue weighted by molar-refractivity contribution is 5.06. The lowest BCUT2D eigenvalue weighted by atomic mass is 9.73. The minimum atomic E-state index is 0.628. The van der Waals surface area contributed by atoms with E-state index in [-0.39, 0.29) is 0 Å². The van der Waals surface area contributed by atoms with E-state index in [0.29, 0.717) is 5.41 Å². The summed E-state index contributed by atoms with van der Waals surface area (Å²) in [7, 11) is 6.62. The SMILES string of the molecule is CNCC1(C(C2CCC2)N(C)C)CC1. The molecule has 82 valence electrons. The minimum absolute atomic E-state index is 0.628.